The predicted molar refractivity (Wildman–Crippen MR) is 156 cm³/mol. The van der Waals surface area contributed by atoms with E-state index >= 15 is 0 Å². The van der Waals surface area contributed by atoms with Crippen molar-refractivity contribution in [2.75, 3.05) is 32.6 Å². The second-order valence-electron chi connectivity index (χ2n) is 10.2. The lowest BCUT2D eigenvalue weighted by molar-refractivity contribution is 0.251. The van der Waals surface area contributed by atoms with Crippen molar-refractivity contribution in [1.29, 1.82) is 0 Å². The van der Waals surface area contributed by atoms with E-state index in [-0.39, 0.29) is 23.8 Å². The van der Waals surface area contributed by atoms with Crippen molar-refractivity contribution in [2.45, 2.75) is 38.1 Å². The first-order chi connectivity index (χ1) is 19.4. The summed E-state index contributed by atoms with van der Waals surface area (Å²) < 4.78 is 24.7. The van der Waals surface area contributed by atoms with Gasteiger partial charge in [0.25, 0.3) is 0 Å². The van der Waals surface area contributed by atoms with Crippen molar-refractivity contribution < 1.29 is 18.7 Å². The molecular formula is C32H35FN4O3. The van der Waals surface area contributed by atoms with Crippen LogP contribution in [0.25, 0.3) is 10.9 Å². The number of nitrogens with zero attached hydrogens (tertiary/aromatic N) is 1. The minimum atomic E-state index is -0.250. The molecule has 0 saturated carbocycles. The number of hydrogen-bond acceptors (Lipinski definition) is 5. The number of pyridine rings is 1. The molecule has 2 amide bonds. The fourth-order valence-corrected chi connectivity index (χ4v) is 5.52. The summed E-state index contributed by atoms with van der Waals surface area (Å²) in [5.41, 5.74) is 5.80. The number of urea groups is 1. The average molecular weight is 543 g/mol. The smallest absolute Gasteiger partial charge is 0.319 e. The Hall–Kier alpha value is -4.17. The Bertz CT molecular complexity index is 1490. The van der Waals surface area contributed by atoms with E-state index < -0.39 is 0 Å². The standard InChI is InChI=1S/C32H35FN4O3/c1-20-16-29(25-6-4-5-7-27(25)36-20)37-32(38)34-15-14-22-19-35-28(13-10-21-8-11-23(33)12-9-21)31-26(22)17-24(39-2)18-30(31)40-3/h4-9,11-12,16-18,22,28,35H,10,13-15,19H2,1-3H3,(H2,34,36,37,38). The molecule has 3 aromatic carbocycles. The molecule has 8 heteroatoms. The maximum Gasteiger partial charge on any atom is 0.319 e. The molecule has 5 rings (SSSR count). The Morgan fingerprint density at radius 3 is 2.62 bits per heavy atom. The third-order valence-corrected chi connectivity index (χ3v) is 7.51. The molecule has 0 fully saturated rings. The molecule has 0 saturated heterocycles. The number of ether oxygens (including phenoxy) is 2. The topological polar surface area (TPSA) is 84.5 Å². The van der Waals surface area contributed by atoms with Crippen molar-refractivity contribution >= 4 is 22.6 Å². The number of halogens is 1. The molecule has 0 aliphatic carbocycles. The van der Waals surface area contributed by atoms with Gasteiger partial charge in [0.15, 0.2) is 0 Å². The molecule has 208 valence electrons. The largest absolute Gasteiger partial charge is 0.497 e. The summed E-state index contributed by atoms with van der Waals surface area (Å²) in [5, 5.41) is 10.6. The number of para-hydroxylation sites is 1. The predicted octanol–water partition coefficient (Wildman–Crippen LogP) is 6.27. The van der Waals surface area contributed by atoms with Crippen molar-refractivity contribution in [3.05, 3.63) is 94.9 Å². The van der Waals surface area contributed by atoms with Gasteiger partial charge in [-0.2, -0.15) is 0 Å². The van der Waals surface area contributed by atoms with Gasteiger partial charge in [-0.3, -0.25) is 4.98 Å². The molecule has 2 atom stereocenters. The lowest BCUT2D eigenvalue weighted by Gasteiger charge is -2.34. The lowest BCUT2D eigenvalue weighted by Crippen LogP contribution is -2.36. The van der Waals surface area contributed by atoms with Crippen LogP contribution in [0, 0.1) is 12.7 Å². The summed E-state index contributed by atoms with van der Waals surface area (Å²) in [6.07, 6.45) is 2.39. The van der Waals surface area contributed by atoms with E-state index in [0.717, 1.165) is 76.3 Å². The summed E-state index contributed by atoms with van der Waals surface area (Å²) >= 11 is 0. The third-order valence-electron chi connectivity index (χ3n) is 7.51. The van der Waals surface area contributed by atoms with E-state index in [4.69, 9.17) is 9.47 Å². The van der Waals surface area contributed by atoms with Gasteiger partial charge in [-0.15, -0.1) is 0 Å². The number of fused-ring (bicyclic) bond motifs is 2. The molecular weight excluding hydrogens is 507 g/mol. The Morgan fingerprint density at radius 1 is 1.05 bits per heavy atom. The van der Waals surface area contributed by atoms with E-state index in [1.54, 1.807) is 14.2 Å². The molecule has 0 radical (unpaired) electrons. The number of nitrogens with one attached hydrogen (secondary N) is 3. The number of benzene rings is 3. The second-order valence-corrected chi connectivity index (χ2v) is 10.2. The third kappa shape index (κ3) is 6.18. The summed E-state index contributed by atoms with van der Waals surface area (Å²) in [4.78, 5) is 17.4. The molecule has 1 aromatic heterocycles. The Labute approximate surface area is 234 Å². The van der Waals surface area contributed by atoms with Gasteiger partial charge in [0, 0.05) is 41.8 Å². The van der Waals surface area contributed by atoms with Gasteiger partial charge >= 0.3 is 6.03 Å². The van der Waals surface area contributed by atoms with Crippen LogP contribution in [0.15, 0.2) is 66.7 Å². The molecule has 2 heterocycles. The van der Waals surface area contributed by atoms with Gasteiger partial charge in [-0.25, -0.2) is 9.18 Å². The van der Waals surface area contributed by atoms with Gasteiger partial charge in [0.05, 0.1) is 25.4 Å². The first-order valence-electron chi connectivity index (χ1n) is 13.6. The van der Waals surface area contributed by atoms with Crippen molar-refractivity contribution in [2.24, 2.45) is 0 Å². The van der Waals surface area contributed by atoms with Crippen LogP contribution < -0.4 is 25.4 Å². The molecule has 0 spiro atoms. The SMILES string of the molecule is COc1cc(OC)c2c(c1)C(CCNC(=O)Nc1cc(C)nc3ccccc13)CNC2CCc1ccc(F)cc1. The highest BCUT2D eigenvalue weighted by Gasteiger charge is 2.30. The van der Waals surface area contributed by atoms with Crippen LogP contribution in [0.1, 0.15) is 47.2 Å². The van der Waals surface area contributed by atoms with Crippen molar-refractivity contribution in [1.82, 2.24) is 15.6 Å². The fourth-order valence-electron chi connectivity index (χ4n) is 5.52. The zero-order chi connectivity index (χ0) is 28.1. The summed E-state index contributed by atoms with van der Waals surface area (Å²) in [7, 11) is 3.33. The van der Waals surface area contributed by atoms with E-state index in [9.17, 15) is 9.18 Å². The van der Waals surface area contributed by atoms with Gasteiger partial charge in [-0.05, 0) is 73.6 Å². The highest BCUT2D eigenvalue weighted by Crippen LogP contribution is 2.42. The molecule has 3 N–H and O–H groups in total. The molecule has 0 bridgehead atoms. The number of carbonyl (C=O) groups excluding carboxylic acids is 1. The first kappa shape index (κ1) is 27.4. The zero-order valence-corrected chi connectivity index (χ0v) is 23.1. The van der Waals surface area contributed by atoms with E-state index in [0.29, 0.717) is 6.54 Å². The van der Waals surface area contributed by atoms with Gasteiger partial charge < -0.3 is 25.4 Å². The number of aromatic nitrogens is 1. The highest BCUT2D eigenvalue weighted by molar-refractivity contribution is 6.00. The number of carbonyl (C=O) groups is 1. The minimum absolute atomic E-state index is 0.0802. The van der Waals surface area contributed by atoms with Crippen LogP contribution >= 0.6 is 0 Å². The van der Waals surface area contributed by atoms with Crippen LogP contribution in [0.5, 0.6) is 11.5 Å². The Balaban J connectivity index is 1.27. The maximum absolute atomic E-state index is 13.4. The van der Waals surface area contributed by atoms with Crippen LogP contribution in [0.3, 0.4) is 0 Å². The van der Waals surface area contributed by atoms with Crippen LogP contribution in [-0.4, -0.2) is 38.3 Å². The van der Waals surface area contributed by atoms with Gasteiger partial charge in [-0.1, -0.05) is 30.3 Å². The number of methoxy groups -OCH3 is 2. The average Bonchev–Trinajstić information content (AvgIpc) is 2.96. The molecule has 2 unspecified atom stereocenters. The van der Waals surface area contributed by atoms with Gasteiger partial charge in [0.2, 0.25) is 0 Å². The van der Waals surface area contributed by atoms with Crippen molar-refractivity contribution in [3.63, 3.8) is 0 Å². The maximum atomic E-state index is 13.4. The molecule has 40 heavy (non-hydrogen) atoms. The lowest BCUT2D eigenvalue weighted by atomic mass is 9.82. The summed E-state index contributed by atoms with van der Waals surface area (Å²) in [6.45, 7) is 3.17. The fraction of sp³-hybridized carbons (Fsp3) is 0.312. The molecule has 1 aliphatic heterocycles. The van der Waals surface area contributed by atoms with Crippen LogP contribution in [0.4, 0.5) is 14.9 Å². The molecule has 1 aliphatic rings. The van der Waals surface area contributed by atoms with E-state index in [1.165, 1.54) is 12.1 Å². The van der Waals surface area contributed by atoms with Crippen LogP contribution in [0.2, 0.25) is 0 Å². The summed E-state index contributed by atoms with van der Waals surface area (Å²) in [6, 6.07) is 20.1. The highest BCUT2D eigenvalue weighted by atomic mass is 19.1. The Morgan fingerprint density at radius 2 is 1.85 bits per heavy atom. The van der Waals surface area contributed by atoms with E-state index in [1.807, 2.05) is 55.5 Å². The number of anilines is 1. The second kappa shape index (κ2) is 12.3. The van der Waals surface area contributed by atoms with Gasteiger partial charge in [0.1, 0.15) is 17.3 Å². The monoisotopic (exact) mass is 542 g/mol. The van der Waals surface area contributed by atoms with Crippen LogP contribution in [-0.2, 0) is 6.42 Å². The number of rotatable bonds is 9. The summed E-state index contributed by atoms with van der Waals surface area (Å²) in [5.74, 6) is 1.45. The van der Waals surface area contributed by atoms with E-state index in [2.05, 4.69) is 27.0 Å². The van der Waals surface area contributed by atoms with Crippen molar-refractivity contribution in [3.8, 4) is 11.5 Å². The normalized spacial score (nSPS) is 16.3. The number of amides is 2. The number of hydrogen-bond donors (Lipinski definition) is 3. The first-order valence-corrected chi connectivity index (χ1v) is 13.6. The Kier molecular flexibility index (Phi) is 8.45. The molecule has 7 nitrogen and oxygen atoms in total. The molecule has 4 aromatic rings. The quantitative estimate of drug-likeness (QED) is 0.232. The number of aryl methyl sites for hydroxylation is 2. The zero-order valence-electron chi connectivity index (χ0n) is 23.1. The minimum Gasteiger partial charge on any atom is -0.497 e.